The lowest BCUT2D eigenvalue weighted by molar-refractivity contribution is -0.0207. The van der Waals surface area contributed by atoms with E-state index in [1.807, 2.05) is 4.90 Å². The number of morpholine rings is 1. The van der Waals surface area contributed by atoms with Crippen LogP contribution in [0.15, 0.2) is 35.2 Å². The molecule has 0 bridgehead atoms. The zero-order valence-electron chi connectivity index (χ0n) is 13.8. The van der Waals surface area contributed by atoms with Crippen molar-refractivity contribution in [3.63, 3.8) is 0 Å². The fourth-order valence-corrected chi connectivity index (χ4v) is 4.41. The van der Waals surface area contributed by atoms with Gasteiger partial charge in [0.1, 0.15) is 12.2 Å². The van der Waals surface area contributed by atoms with Gasteiger partial charge in [-0.1, -0.05) is 18.2 Å². The third-order valence-electron chi connectivity index (χ3n) is 4.64. The highest BCUT2D eigenvalue weighted by Crippen LogP contribution is 2.26. The van der Waals surface area contributed by atoms with Crippen molar-refractivity contribution in [3.05, 3.63) is 30.3 Å². The molecule has 2 fully saturated rings. The molecule has 2 heterocycles. The SMILES string of the molecule is O=S(=O)(NCC1OC(CO)C(O)C1N1CCOCC1)c1ccccc1. The maximum atomic E-state index is 12.4. The summed E-state index contributed by atoms with van der Waals surface area (Å²) in [5, 5.41) is 19.9. The maximum absolute atomic E-state index is 12.4. The van der Waals surface area contributed by atoms with Crippen molar-refractivity contribution in [2.75, 3.05) is 39.5 Å². The van der Waals surface area contributed by atoms with Gasteiger partial charge in [-0.2, -0.15) is 0 Å². The average molecular weight is 372 g/mol. The Morgan fingerprint density at radius 3 is 2.48 bits per heavy atom. The van der Waals surface area contributed by atoms with Crippen molar-refractivity contribution < 1.29 is 28.1 Å². The van der Waals surface area contributed by atoms with Crippen molar-refractivity contribution in [2.45, 2.75) is 29.2 Å². The van der Waals surface area contributed by atoms with Crippen LogP contribution in [0.4, 0.5) is 0 Å². The van der Waals surface area contributed by atoms with Crippen LogP contribution in [0.25, 0.3) is 0 Å². The van der Waals surface area contributed by atoms with E-state index in [9.17, 15) is 18.6 Å². The van der Waals surface area contributed by atoms with E-state index in [1.165, 1.54) is 12.1 Å². The Balaban J connectivity index is 1.70. The predicted molar refractivity (Wildman–Crippen MR) is 89.6 cm³/mol. The van der Waals surface area contributed by atoms with E-state index in [1.54, 1.807) is 18.2 Å². The van der Waals surface area contributed by atoms with E-state index in [-0.39, 0.29) is 24.1 Å². The van der Waals surface area contributed by atoms with Crippen LogP contribution in [0, 0.1) is 0 Å². The van der Waals surface area contributed by atoms with E-state index in [4.69, 9.17) is 9.47 Å². The lowest BCUT2D eigenvalue weighted by atomic mass is 10.0. The first-order valence-corrected chi connectivity index (χ1v) is 9.82. The fraction of sp³-hybridized carbons (Fsp3) is 0.625. The molecule has 1 aromatic carbocycles. The number of sulfonamides is 1. The van der Waals surface area contributed by atoms with Crippen LogP contribution in [0.1, 0.15) is 0 Å². The quantitative estimate of drug-likeness (QED) is 0.575. The molecule has 2 aliphatic heterocycles. The maximum Gasteiger partial charge on any atom is 0.240 e. The third-order valence-corrected chi connectivity index (χ3v) is 6.08. The second kappa shape index (κ2) is 8.09. The highest BCUT2D eigenvalue weighted by Gasteiger charge is 2.46. The highest BCUT2D eigenvalue weighted by atomic mass is 32.2. The second-order valence-corrected chi connectivity index (χ2v) is 7.96. The zero-order chi connectivity index (χ0) is 17.9. The molecular formula is C16H24N2O6S. The van der Waals surface area contributed by atoms with Crippen LogP contribution in [0.2, 0.25) is 0 Å². The number of aliphatic hydroxyl groups excluding tert-OH is 2. The number of aliphatic hydroxyl groups is 2. The van der Waals surface area contributed by atoms with Gasteiger partial charge in [0.15, 0.2) is 0 Å². The summed E-state index contributed by atoms with van der Waals surface area (Å²) in [4.78, 5) is 2.21. The van der Waals surface area contributed by atoms with Crippen molar-refractivity contribution in [3.8, 4) is 0 Å². The highest BCUT2D eigenvalue weighted by molar-refractivity contribution is 7.89. The van der Waals surface area contributed by atoms with Crippen molar-refractivity contribution >= 4 is 10.0 Å². The van der Waals surface area contributed by atoms with Gasteiger partial charge in [0.05, 0.1) is 36.9 Å². The van der Waals surface area contributed by atoms with Crippen LogP contribution < -0.4 is 4.72 Å². The van der Waals surface area contributed by atoms with Crippen molar-refractivity contribution in [2.24, 2.45) is 0 Å². The first-order chi connectivity index (χ1) is 12.0. The van der Waals surface area contributed by atoms with Gasteiger partial charge in [0.2, 0.25) is 10.0 Å². The lowest BCUT2D eigenvalue weighted by Gasteiger charge is -2.36. The summed E-state index contributed by atoms with van der Waals surface area (Å²) in [5.41, 5.74) is 0. The second-order valence-electron chi connectivity index (χ2n) is 6.19. The number of hydrogen-bond donors (Lipinski definition) is 3. The minimum absolute atomic E-state index is 0.0206. The molecule has 0 amide bonds. The Morgan fingerprint density at radius 2 is 1.84 bits per heavy atom. The molecule has 0 aliphatic carbocycles. The van der Waals surface area contributed by atoms with E-state index < -0.39 is 28.3 Å². The monoisotopic (exact) mass is 372 g/mol. The molecule has 9 heteroatoms. The molecule has 4 atom stereocenters. The Labute approximate surface area is 147 Å². The molecule has 8 nitrogen and oxygen atoms in total. The molecule has 3 N–H and O–H groups in total. The average Bonchev–Trinajstić information content (AvgIpc) is 2.97. The topological polar surface area (TPSA) is 108 Å². The van der Waals surface area contributed by atoms with Gasteiger partial charge in [0, 0.05) is 19.6 Å². The summed E-state index contributed by atoms with van der Waals surface area (Å²) in [7, 11) is -3.66. The van der Waals surface area contributed by atoms with E-state index in [0.717, 1.165) is 0 Å². The normalized spacial score (nSPS) is 31.3. The first kappa shape index (κ1) is 18.7. The van der Waals surface area contributed by atoms with E-state index in [2.05, 4.69) is 4.72 Å². The molecule has 4 unspecified atom stereocenters. The minimum Gasteiger partial charge on any atom is -0.394 e. The van der Waals surface area contributed by atoms with Crippen LogP contribution in [0.3, 0.4) is 0 Å². The Bertz CT molecular complexity index is 650. The molecule has 25 heavy (non-hydrogen) atoms. The van der Waals surface area contributed by atoms with Crippen LogP contribution in [-0.2, 0) is 19.5 Å². The van der Waals surface area contributed by atoms with Crippen LogP contribution >= 0.6 is 0 Å². The number of ether oxygens (including phenoxy) is 2. The van der Waals surface area contributed by atoms with Gasteiger partial charge >= 0.3 is 0 Å². The molecule has 2 aliphatic rings. The van der Waals surface area contributed by atoms with Gasteiger partial charge in [-0.25, -0.2) is 13.1 Å². The smallest absolute Gasteiger partial charge is 0.240 e. The van der Waals surface area contributed by atoms with E-state index in [0.29, 0.717) is 26.3 Å². The molecule has 0 radical (unpaired) electrons. The summed E-state index contributed by atoms with van der Waals surface area (Å²) in [6.07, 6.45) is -2.16. The number of rotatable bonds is 6. The number of nitrogens with zero attached hydrogens (tertiary/aromatic N) is 1. The van der Waals surface area contributed by atoms with Gasteiger partial charge < -0.3 is 19.7 Å². The summed E-state index contributed by atoms with van der Waals surface area (Å²) in [6.45, 7) is 2.07. The van der Waals surface area contributed by atoms with Crippen LogP contribution in [-0.4, -0.2) is 87.3 Å². The summed E-state index contributed by atoms with van der Waals surface area (Å²) < 4.78 is 38.4. The molecule has 140 valence electrons. The van der Waals surface area contributed by atoms with Gasteiger partial charge in [-0.3, -0.25) is 4.90 Å². The number of nitrogens with one attached hydrogen (secondary N) is 1. The van der Waals surface area contributed by atoms with Crippen molar-refractivity contribution in [1.82, 2.24) is 9.62 Å². The third kappa shape index (κ3) is 4.20. The van der Waals surface area contributed by atoms with Gasteiger partial charge in [-0.05, 0) is 12.1 Å². The van der Waals surface area contributed by atoms with Crippen molar-refractivity contribution in [1.29, 1.82) is 0 Å². The molecular weight excluding hydrogens is 348 g/mol. The number of benzene rings is 1. The molecule has 1 aromatic rings. The minimum atomic E-state index is -3.66. The van der Waals surface area contributed by atoms with Gasteiger partial charge in [0.25, 0.3) is 0 Å². The van der Waals surface area contributed by atoms with Crippen LogP contribution in [0.5, 0.6) is 0 Å². The summed E-state index contributed by atoms with van der Waals surface area (Å²) in [5.74, 6) is 0. The van der Waals surface area contributed by atoms with E-state index >= 15 is 0 Å². The fourth-order valence-electron chi connectivity index (χ4n) is 3.35. The molecule has 0 saturated carbocycles. The summed E-state index contributed by atoms with van der Waals surface area (Å²) in [6, 6.07) is 7.70. The predicted octanol–water partition coefficient (Wildman–Crippen LogP) is -1.21. The largest absolute Gasteiger partial charge is 0.394 e. The zero-order valence-corrected chi connectivity index (χ0v) is 14.6. The number of hydrogen-bond acceptors (Lipinski definition) is 7. The molecule has 2 saturated heterocycles. The molecule has 0 aromatic heterocycles. The first-order valence-electron chi connectivity index (χ1n) is 8.34. The molecule has 0 spiro atoms. The summed E-state index contributed by atoms with van der Waals surface area (Å²) >= 11 is 0. The Hall–Kier alpha value is -1.07. The van der Waals surface area contributed by atoms with Gasteiger partial charge in [-0.15, -0.1) is 0 Å². The Morgan fingerprint density at radius 1 is 1.16 bits per heavy atom. The lowest BCUT2D eigenvalue weighted by Crippen LogP contribution is -2.54. The standard InChI is InChI=1S/C16H24N2O6S/c19-11-14-16(20)15(18-6-8-23-9-7-18)13(24-14)10-17-25(21,22)12-4-2-1-3-5-12/h1-5,13-17,19-20H,6-11H2. The molecule has 3 rings (SSSR count). The Kier molecular flexibility index (Phi) is 6.05.